The van der Waals surface area contributed by atoms with Crippen molar-refractivity contribution in [1.82, 2.24) is 14.4 Å². The van der Waals surface area contributed by atoms with Crippen LogP contribution in [-0.2, 0) is 10.0 Å². The van der Waals surface area contributed by atoms with E-state index in [1.807, 2.05) is 4.90 Å². The molecule has 160 valence electrons. The van der Waals surface area contributed by atoms with Gasteiger partial charge in [0.2, 0.25) is 10.0 Å². The highest BCUT2D eigenvalue weighted by molar-refractivity contribution is 7.89. The van der Waals surface area contributed by atoms with Gasteiger partial charge in [0.25, 0.3) is 0 Å². The summed E-state index contributed by atoms with van der Waals surface area (Å²) in [6.45, 7) is 5.52. The van der Waals surface area contributed by atoms with Gasteiger partial charge in [-0.15, -0.1) is 0 Å². The number of β-amino-alcohol motifs (C(OH)–C–C–N with tert-alkyl or cyclic N) is 1. The summed E-state index contributed by atoms with van der Waals surface area (Å²) in [4.78, 5) is 2.15. The number of rotatable bonds is 7. The Labute approximate surface area is 169 Å². The van der Waals surface area contributed by atoms with Crippen LogP contribution >= 0.6 is 0 Å². The van der Waals surface area contributed by atoms with E-state index < -0.39 is 16.1 Å². The normalized spacial score (nSPS) is 17.8. The average Bonchev–Trinajstić information content (AvgIpc) is 2.87. The lowest BCUT2D eigenvalue weighted by Gasteiger charge is -2.24. The number of hydrogen-bond acceptors (Lipinski definition) is 7. The van der Waals surface area contributed by atoms with Crippen molar-refractivity contribution in [2.24, 2.45) is 0 Å². The number of aliphatic hydroxyl groups excluding tert-OH is 1. The molecule has 0 bridgehead atoms. The summed E-state index contributed by atoms with van der Waals surface area (Å²) in [5.41, 5.74) is 0.358. The SMILES string of the molecule is Cc1noc(C)c1S(=O)(=O)N1CCCN(CC(O)COc2ccc(F)cc2)CC1. The van der Waals surface area contributed by atoms with Crippen molar-refractivity contribution in [1.29, 1.82) is 0 Å². The van der Waals surface area contributed by atoms with E-state index in [2.05, 4.69) is 5.16 Å². The first-order chi connectivity index (χ1) is 13.8. The van der Waals surface area contributed by atoms with E-state index in [9.17, 15) is 17.9 Å². The molecular weight excluding hydrogens is 401 g/mol. The standard InChI is InChI=1S/C19H26FN3O5S/c1-14-19(15(2)28-21-14)29(25,26)23-9-3-8-22(10-11-23)12-17(24)13-27-18-6-4-16(20)5-7-18/h4-7,17,24H,3,8-13H2,1-2H3. The van der Waals surface area contributed by atoms with E-state index in [1.54, 1.807) is 13.8 Å². The Kier molecular flexibility index (Phi) is 6.89. The fourth-order valence-electron chi connectivity index (χ4n) is 3.42. The monoisotopic (exact) mass is 427 g/mol. The molecule has 1 aliphatic heterocycles. The van der Waals surface area contributed by atoms with Crippen molar-refractivity contribution in [3.8, 4) is 5.75 Å². The predicted molar refractivity (Wildman–Crippen MR) is 104 cm³/mol. The average molecular weight is 427 g/mol. The van der Waals surface area contributed by atoms with Crippen molar-refractivity contribution in [2.45, 2.75) is 31.3 Å². The number of aromatic nitrogens is 1. The minimum atomic E-state index is -3.67. The third-order valence-corrected chi connectivity index (χ3v) is 6.98. The first kappa shape index (κ1) is 21.7. The Bertz CT molecular complexity index is 897. The van der Waals surface area contributed by atoms with Crippen LogP contribution in [0.3, 0.4) is 0 Å². The highest BCUT2D eigenvalue weighted by atomic mass is 32.2. The van der Waals surface area contributed by atoms with Gasteiger partial charge in [-0.25, -0.2) is 12.8 Å². The molecule has 0 amide bonds. The third-order valence-electron chi connectivity index (χ3n) is 4.84. The second-order valence-corrected chi connectivity index (χ2v) is 9.01. The van der Waals surface area contributed by atoms with Gasteiger partial charge in [-0.3, -0.25) is 4.90 Å². The maximum atomic E-state index is 13.0. The molecule has 1 N–H and O–H groups in total. The Morgan fingerprint density at radius 1 is 1.21 bits per heavy atom. The Morgan fingerprint density at radius 2 is 1.93 bits per heavy atom. The molecule has 0 spiro atoms. The van der Waals surface area contributed by atoms with Gasteiger partial charge in [0.05, 0.1) is 0 Å². The van der Waals surface area contributed by atoms with Crippen molar-refractivity contribution in [3.63, 3.8) is 0 Å². The maximum absolute atomic E-state index is 13.0. The molecule has 0 aliphatic carbocycles. The lowest BCUT2D eigenvalue weighted by atomic mass is 10.3. The second-order valence-electron chi connectivity index (χ2n) is 7.13. The maximum Gasteiger partial charge on any atom is 0.248 e. The molecule has 1 fully saturated rings. The molecule has 0 saturated carbocycles. The molecule has 8 nitrogen and oxygen atoms in total. The number of hydrogen-bond donors (Lipinski definition) is 1. The summed E-state index contributed by atoms with van der Waals surface area (Å²) >= 11 is 0. The smallest absolute Gasteiger partial charge is 0.248 e. The molecule has 1 unspecified atom stereocenters. The summed E-state index contributed by atoms with van der Waals surface area (Å²) in [7, 11) is -3.67. The zero-order chi connectivity index (χ0) is 21.0. The minimum absolute atomic E-state index is 0.0726. The van der Waals surface area contributed by atoms with Crippen LogP contribution in [0, 0.1) is 19.7 Å². The second kappa shape index (κ2) is 9.21. The molecule has 2 heterocycles. The number of aliphatic hydroxyl groups is 1. The number of ether oxygens (including phenoxy) is 1. The van der Waals surface area contributed by atoms with Gasteiger partial charge in [0.1, 0.15) is 34.9 Å². The minimum Gasteiger partial charge on any atom is -0.491 e. The number of aryl methyl sites for hydroxylation is 2. The summed E-state index contributed by atoms with van der Waals surface area (Å²) in [6, 6.07) is 5.60. The predicted octanol–water partition coefficient (Wildman–Crippen LogP) is 1.57. The molecule has 3 rings (SSSR count). The quantitative estimate of drug-likeness (QED) is 0.716. The lowest BCUT2D eigenvalue weighted by Crippen LogP contribution is -2.39. The fourth-order valence-corrected chi connectivity index (χ4v) is 5.18. The van der Waals surface area contributed by atoms with Gasteiger partial charge in [0, 0.05) is 26.2 Å². The van der Waals surface area contributed by atoms with Gasteiger partial charge in [0.15, 0.2) is 5.76 Å². The van der Waals surface area contributed by atoms with Gasteiger partial charge in [-0.2, -0.15) is 4.31 Å². The Morgan fingerprint density at radius 3 is 2.59 bits per heavy atom. The van der Waals surface area contributed by atoms with Crippen molar-refractivity contribution >= 4 is 10.0 Å². The Hall–Kier alpha value is -2.01. The first-order valence-electron chi connectivity index (χ1n) is 9.49. The van der Waals surface area contributed by atoms with Crippen LogP contribution < -0.4 is 4.74 Å². The fraction of sp³-hybridized carbons (Fsp3) is 0.526. The third kappa shape index (κ3) is 5.33. The number of halogens is 1. The van der Waals surface area contributed by atoms with E-state index in [0.717, 1.165) is 0 Å². The Balaban J connectivity index is 1.53. The number of nitrogens with zero attached hydrogens (tertiary/aromatic N) is 3. The number of benzene rings is 1. The van der Waals surface area contributed by atoms with Crippen LogP contribution in [0.2, 0.25) is 0 Å². The van der Waals surface area contributed by atoms with E-state index in [4.69, 9.17) is 9.26 Å². The van der Waals surface area contributed by atoms with Gasteiger partial charge < -0.3 is 14.4 Å². The summed E-state index contributed by atoms with van der Waals surface area (Å²) < 4.78 is 50.8. The van der Waals surface area contributed by atoms with Crippen LogP contribution in [0.15, 0.2) is 33.7 Å². The molecular formula is C19H26FN3O5S. The van der Waals surface area contributed by atoms with Gasteiger partial charge in [-0.1, -0.05) is 5.16 Å². The van der Waals surface area contributed by atoms with Crippen molar-refractivity contribution in [2.75, 3.05) is 39.3 Å². The topological polar surface area (TPSA) is 96.1 Å². The summed E-state index contributed by atoms with van der Waals surface area (Å²) in [5, 5.41) is 14.0. The molecule has 1 aliphatic rings. The van der Waals surface area contributed by atoms with E-state index in [0.29, 0.717) is 50.6 Å². The van der Waals surface area contributed by atoms with E-state index in [1.165, 1.54) is 28.6 Å². The van der Waals surface area contributed by atoms with Crippen LogP contribution in [0.1, 0.15) is 17.9 Å². The lowest BCUT2D eigenvalue weighted by molar-refractivity contribution is 0.0699. The van der Waals surface area contributed by atoms with Gasteiger partial charge in [-0.05, 0) is 51.1 Å². The van der Waals surface area contributed by atoms with Crippen LogP contribution in [0.5, 0.6) is 5.75 Å². The molecule has 1 saturated heterocycles. The van der Waals surface area contributed by atoms with Gasteiger partial charge >= 0.3 is 0 Å². The van der Waals surface area contributed by atoms with Crippen LogP contribution in [0.4, 0.5) is 4.39 Å². The largest absolute Gasteiger partial charge is 0.491 e. The molecule has 1 atom stereocenters. The molecule has 2 aromatic rings. The van der Waals surface area contributed by atoms with Crippen LogP contribution in [0.25, 0.3) is 0 Å². The summed E-state index contributed by atoms with van der Waals surface area (Å²) in [5.74, 6) is 0.425. The van der Waals surface area contributed by atoms with E-state index >= 15 is 0 Å². The highest BCUT2D eigenvalue weighted by Gasteiger charge is 2.32. The summed E-state index contributed by atoms with van der Waals surface area (Å²) in [6.07, 6.45) is -0.0977. The molecule has 0 radical (unpaired) electrons. The molecule has 10 heteroatoms. The first-order valence-corrected chi connectivity index (χ1v) is 10.9. The molecule has 1 aromatic carbocycles. The zero-order valence-corrected chi connectivity index (χ0v) is 17.4. The van der Waals surface area contributed by atoms with E-state index in [-0.39, 0.29) is 23.1 Å². The zero-order valence-electron chi connectivity index (χ0n) is 16.5. The van der Waals surface area contributed by atoms with Crippen molar-refractivity contribution < 1.29 is 27.2 Å². The van der Waals surface area contributed by atoms with Crippen LogP contribution in [-0.4, -0.2) is 73.3 Å². The molecule has 1 aromatic heterocycles. The van der Waals surface area contributed by atoms with Crippen molar-refractivity contribution in [3.05, 3.63) is 41.5 Å². The molecule has 29 heavy (non-hydrogen) atoms. The highest BCUT2D eigenvalue weighted by Crippen LogP contribution is 2.24. The number of sulfonamides is 1.